The first-order valence-corrected chi connectivity index (χ1v) is 7.59. The van der Waals surface area contributed by atoms with Crippen molar-refractivity contribution >= 4 is 21.6 Å². The Morgan fingerprint density at radius 2 is 1.79 bits per heavy atom. The van der Waals surface area contributed by atoms with Gasteiger partial charge < -0.3 is 5.32 Å². The third-order valence-corrected chi connectivity index (χ3v) is 4.45. The lowest BCUT2D eigenvalue weighted by atomic mass is 9.76. The van der Waals surface area contributed by atoms with E-state index in [1.54, 1.807) is 0 Å². The van der Waals surface area contributed by atoms with E-state index in [2.05, 4.69) is 76.7 Å². The highest BCUT2D eigenvalue weighted by atomic mass is 79.9. The lowest BCUT2D eigenvalue weighted by molar-refractivity contribution is 0.374. The molecule has 2 aromatic rings. The summed E-state index contributed by atoms with van der Waals surface area (Å²) in [5.74, 6) is 0.731. The van der Waals surface area contributed by atoms with Gasteiger partial charge in [0, 0.05) is 16.2 Å². The van der Waals surface area contributed by atoms with Crippen LogP contribution in [0.15, 0.2) is 53.0 Å². The highest BCUT2D eigenvalue weighted by Crippen LogP contribution is 2.38. The molecule has 98 valence electrons. The molecule has 0 saturated heterocycles. The maximum absolute atomic E-state index is 3.65. The average molecular weight is 316 g/mol. The standard InChI is InChI=1S/C17H18BrN/c1-12-9-15(18)7-8-17(12)19-16-10-14(11-16)13-5-3-2-4-6-13/h2-9,14,16,19H,10-11H2,1H3. The van der Waals surface area contributed by atoms with Gasteiger partial charge in [0.05, 0.1) is 0 Å². The van der Waals surface area contributed by atoms with Crippen LogP contribution >= 0.6 is 15.9 Å². The molecule has 19 heavy (non-hydrogen) atoms. The van der Waals surface area contributed by atoms with Crippen molar-refractivity contribution in [3.63, 3.8) is 0 Å². The summed E-state index contributed by atoms with van der Waals surface area (Å²) in [6.07, 6.45) is 2.47. The zero-order valence-electron chi connectivity index (χ0n) is 11.1. The summed E-state index contributed by atoms with van der Waals surface area (Å²) in [4.78, 5) is 0. The van der Waals surface area contributed by atoms with E-state index in [1.807, 2.05) is 0 Å². The van der Waals surface area contributed by atoms with E-state index in [9.17, 15) is 0 Å². The first kappa shape index (κ1) is 12.7. The van der Waals surface area contributed by atoms with Gasteiger partial charge in [-0.15, -0.1) is 0 Å². The van der Waals surface area contributed by atoms with Crippen molar-refractivity contribution in [3.8, 4) is 0 Å². The van der Waals surface area contributed by atoms with Crippen LogP contribution in [0.2, 0.25) is 0 Å². The number of benzene rings is 2. The Hall–Kier alpha value is -1.28. The Bertz CT molecular complexity index is 559. The van der Waals surface area contributed by atoms with Crippen molar-refractivity contribution in [2.24, 2.45) is 0 Å². The lowest BCUT2D eigenvalue weighted by Crippen LogP contribution is -2.34. The predicted molar refractivity (Wildman–Crippen MR) is 84.7 cm³/mol. The Morgan fingerprint density at radius 1 is 1.05 bits per heavy atom. The van der Waals surface area contributed by atoms with Gasteiger partial charge in [-0.2, -0.15) is 0 Å². The molecule has 1 saturated carbocycles. The summed E-state index contributed by atoms with van der Waals surface area (Å²) in [5.41, 5.74) is 4.05. The fourth-order valence-corrected chi connectivity index (χ4v) is 3.22. The summed E-state index contributed by atoms with van der Waals surface area (Å²) in [6.45, 7) is 2.15. The molecule has 0 atom stereocenters. The number of hydrogen-bond donors (Lipinski definition) is 1. The molecule has 0 bridgehead atoms. The lowest BCUT2D eigenvalue weighted by Gasteiger charge is -2.37. The number of halogens is 1. The molecule has 0 aromatic heterocycles. The third kappa shape index (κ3) is 2.84. The van der Waals surface area contributed by atoms with Crippen molar-refractivity contribution < 1.29 is 0 Å². The van der Waals surface area contributed by atoms with E-state index in [0.29, 0.717) is 6.04 Å². The minimum Gasteiger partial charge on any atom is -0.382 e. The fraction of sp³-hybridized carbons (Fsp3) is 0.294. The Balaban J connectivity index is 1.60. The van der Waals surface area contributed by atoms with Crippen LogP contribution in [0.3, 0.4) is 0 Å². The van der Waals surface area contributed by atoms with Crippen molar-refractivity contribution in [2.45, 2.75) is 31.7 Å². The van der Waals surface area contributed by atoms with E-state index in [0.717, 1.165) is 10.4 Å². The zero-order valence-corrected chi connectivity index (χ0v) is 12.7. The minimum atomic E-state index is 0.616. The Labute approximate surface area is 123 Å². The first-order valence-electron chi connectivity index (χ1n) is 6.80. The average Bonchev–Trinajstić information content (AvgIpc) is 2.36. The second-order valence-corrected chi connectivity index (χ2v) is 6.30. The Morgan fingerprint density at radius 3 is 2.47 bits per heavy atom. The topological polar surface area (TPSA) is 12.0 Å². The molecular formula is C17H18BrN. The van der Waals surface area contributed by atoms with Crippen LogP contribution in [0.1, 0.15) is 29.9 Å². The van der Waals surface area contributed by atoms with Crippen LogP contribution < -0.4 is 5.32 Å². The third-order valence-electron chi connectivity index (χ3n) is 3.96. The molecule has 1 N–H and O–H groups in total. The summed E-state index contributed by atoms with van der Waals surface area (Å²) in [5, 5.41) is 3.65. The number of anilines is 1. The van der Waals surface area contributed by atoms with Crippen molar-refractivity contribution in [1.82, 2.24) is 0 Å². The molecule has 0 aliphatic heterocycles. The maximum Gasteiger partial charge on any atom is 0.0372 e. The van der Waals surface area contributed by atoms with Crippen LogP contribution in [-0.2, 0) is 0 Å². The van der Waals surface area contributed by atoms with Crippen LogP contribution in [0.5, 0.6) is 0 Å². The van der Waals surface area contributed by atoms with Crippen molar-refractivity contribution in [3.05, 3.63) is 64.1 Å². The summed E-state index contributed by atoms with van der Waals surface area (Å²) in [7, 11) is 0. The van der Waals surface area contributed by atoms with Gasteiger partial charge in [0.25, 0.3) is 0 Å². The van der Waals surface area contributed by atoms with Crippen LogP contribution in [0.25, 0.3) is 0 Å². The SMILES string of the molecule is Cc1cc(Br)ccc1NC1CC(c2ccccc2)C1. The molecule has 0 amide bonds. The van der Waals surface area contributed by atoms with Crippen LogP contribution in [0.4, 0.5) is 5.69 Å². The van der Waals surface area contributed by atoms with Crippen molar-refractivity contribution in [2.75, 3.05) is 5.32 Å². The maximum atomic E-state index is 3.65. The monoisotopic (exact) mass is 315 g/mol. The smallest absolute Gasteiger partial charge is 0.0372 e. The highest BCUT2D eigenvalue weighted by molar-refractivity contribution is 9.10. The van der Waals surface area contributed by atoms with E-state index < -0.39 is 0 Å². The summed E-state index contributed by atoms with van der Waals surface area (Å²) < 4.78 is 1.14. The highest BCUT2D eigenvalue weighted by Gasteiger charge is 2.30. The van der Waals surface area contributed by atoms with E-state index in [4.69, 9.17) is 0 Å². The van der Waals surface area contributed by atoms with Crippen LogP contribution in [0, 0.1) is 6.92 Å². The minimum absolute atomic E-state index is 0.616. The van der Waals surface area contributed by atoms with E-state index in [1.165, 1.54) is 29.7 Å². The van der Waals surface area contributed by atoms with Gasteiger partial charge in [0.1, 0.15) is 0 Å². The normalized spacial score (nSPS) is 21.8. The predicted octanol–water partition coefficient (Wildman–Crippen LogP) is 5.12. The van der Waals surface area contributed by atoms with Gasteiger partial charge in [0.15, 0.2) is 0 Å². The van der Waals surface area contributed by atoms with E-state index >= 15 is 0 Å². The molecule has 0 heterocycles. The number of nitrogens with one attached hydrogen (secondary N) is 1. The molecule has 1 fully saturated rings. The summed E-state index contributed by atoms with van der Waals surface area (Å²) in [6, 6.07) is 17.9. The molecule has 3 rings (SSSR count). The molecule has 0 spiro atoms. The van der Waals surface area contributed by atoms with Gasteiger partial charge in [-0.05, 0) is 55.0 Å². The van der Waals surface area contributed by atoms with Gasteiger partial charge in [0.2, 0.25) is 0 Å². The fourth-order valence-electron chi connectivity index (χ4n) is 2.74. The molecule has 0 radical (unpaired) electrons. The Kier molecular flexibility index (Phi) is 3.61. The summed E-state index contributed by atoms with van der Waals surface area (Å²) >= 11 is 3.51. The van der Waals surface area contributed by atoms with Gasteiger partial charge in [-0.25, -0.2) is 0 Å². The van der Waals surface area contributed by atoms with Crippen molar-refractivity contribution in [1.29, 1.82) is 0 Å². The quantitative estimate of drug-likeness (QED) is 0.829. The van der Waals surface area contributed by atoms with Gasteiger partial charge in [-0.1, -0.05) is 46.3 Å². The molecule has 1 aliphatic carbocycles. The number of aryl methyl sites for hydroxylation is 1. The molecule has 0 unspecified atom stereocenters. The zero-order chi connectivity index (χ0) is 13.2. The molecule has 1 nitrogen and oxygen atoms in total. The molecule has 2 aromatic carbocycles. The second kappa shape index (κ2) is 5.38. The molecule has 1 aliphatic rings. The number of rotatable bonds is 3. The molecule has 2 heteroatoms. The van der Waals surface area contributed by atoms with Gasteiger partial charge in [-0.3, -0.25) is 0 Å². The van der Waals surface area contributed by atoms with Gasteiger partial charge >= 0.3 is 0 Å². The van der Waals surface area contributed by atoms with E-state index in [-0.39, 0.29) is 0 Å². The first-order chi connectivity index (χ1) is 9.22. The van der Waals surface area contributed by atoms with Crippen LogP contribution in [-0.4, -0.2) is 6.04 Å². The number of hydrogen-bond acceptors (Lipinski definition) is 1. The molecular weight excluding hydrogens is 298 g/mol. The largest absolute Gasteiger partial charge is 0.382 e. The second-order valence-electron chi connectivity index (χ2n) is 5.38.